The van der Waals surface area contributed by atoms with Crippen LogP contribution in [-0.2, 0) is 0 Å². The number of guanidine groups is 1. The van der Waals surface area contributed by atoms with Crippen LogP contribution in [0.25, 0.3) is 0 Å². The SMILES string of the molecule is CCCCCCCC(CCC)CCCCN=C(N)N. The van der Waals surface area contributed by atoms with Crippen molar-refractivity contribution in [1.29, 1.82) is 0 Å². The highest BCUT2D eigenvalue weighted by Crippen LogP contribution is 2.22. The molecule has 0 spiro atoms. The van der Waals surface area contributed by atoms with Crippen LogP contribution < -0.4 is 11.5 Å². The van der Waals surface area contributed by atoms with Crippen molar-refractivity contribution < 1.29 is 0 Å². The summed E-state index contributed by atoms with van der Waals surface area (Å²) < 4.78 is 0. The normalized spacial score (nSPS) is 12.3. The molecule has 0 aromatic rings. The summed E-state index contributed by atoms with van der Waals surface area (Å²) in [6, 6.07) is 0. The standard InChI is InChI=1S/C16H35N3/c1-3-5-6-7-8-12-15(11-4-2)13-9-10-14-19-16(17)18/h15H,3-14H2,1-2H3,(H4,17,18,19). The second kappa shape index (κ2) is 13.7. The van der Waals surface area contributed by atoms with Gasteiger partial charge in [0.25, 0.3) is 0 Å². The lowest BCUT2D eigenvalue weighted by molar-refractivity contribution is 0.382. The molecular formula is C16H35N3. The molecule has 0 aromatic heterocycles. The van der Waals surface area contributed by atoms with E-state index in [0.717, 1.165) is 18.9 Å². The summed E-state index contributed by atoms with van der Waals surface area (Å²) in [7, 11) is 0. The molecule has 0 fully saturated rings. The van der Waals surface area contributed by atoms with Crippen LogP contribution in [0.15, 0.2) is 4.99 Å². The van der Waals surface area contributed by atoms with Gasteiger partial charge in [-0.05, 0) is 12.3 Å². The van der Waals surface area contributed by atoms with Crippen molar-refractivity contribution in [3.05, 3.63) is 0 Å². The molecule has 0 aromatic carbocycles. The zero-order chi connectivity index (χ0) is 14.3. The third-order valence-corrected chi connectivity index (χ3v) is 3.73. The van der Waals surface area contributed by atoms with Crippen LogP contribution in [0.3, 0.4) is 0 Å². The molecule has 0 heterocycles. The molecule has 114 valence electrons. The van der Waals surface area contributed by atoms with Crippen molar-refractivity contribution >= 4 is 5.96 Å². The Morgan fingerprint density at radius 1 is 0.789 bits per heavy atom. The Hall–Kier alpha value is -0.730. The molecule has 0 aliphatic carbocycles. The molecule has 0 amide bonds. The molecule has 0 radical (unpaired) electrons. The third kappa shape index (κ3) is 13.5. The summed E-state index contributed by atoms with van der Waals surface area (Å²) in [6.45, 7) is 5.36. The first kappa shape index (κ1) is 18.3. The molecule has 4 N–H and O–H groups in total. The minimum absolute atomic E-state index is 0.223. The minimum atomic E-state index is 0.223. The fraction of sp³-hybridized carbons (Fsp3) is 0.938. The molecule has 3 nitrogen and oxygen atoms in total. The van der Waals surface area contributed by atoms with E-state index in [1.54, 1.807) is 0 Å². The predicted octanol–water partition coefficient (Wildman–Crippen LogP) is 4.21. The Morgan fingerprint density at radius 3 is 2.00 bits per heavy atom. The van der Waals surface area contributed by atoms with E-state index in [1.807, 2.05) is 0 Å². The molecule has 1 atom stereocenters. The van der Waals surface area contributed by atoms with E-state index in [4.69, 9.17) is 11.5 Å². The molecule has 0 rings (SSSR count). The van der Waals surface area contributed by atoms with Crippen molar-refractivity contribution in [2.45, 2.75) is 84.5 Å². The van der Waals surface area contributed by atoms with Crippen LogP contribution in [0, 0.1) is 5.92 Å². The lowest BCUT2D eigenvalue weighted by Gasteiger charge is -2.15. The number of unbranched alkanes of at least 4 members (excludes halogenated alkanes) is 5. The molecule has 1 unspecified atom stereocenters. The van der Waals surface area contributed by atoms with E-state index in [2.05, 4.69) is 18.8 Å². The van der Waals surface area contributed by atoms with Crippen LogP contribution in [-0.4, -0.2) is 12.5 Å². The highest BCUT2D eigenvalue weighted by atomic mass is 15.0. The summed E-state index contributed by atoms with van der Waals surface area (Å²) in [4.78, 5) is 4.04. The highest BCUT2D eigenvalue weighted by Gasteiger charge is 2.07. The van der Waals surface area contributed by atoms with Crippen molar-refractivity contribution in [2.24, 2.45) is 22.4 Å². The molecule has 19 heavy (non-hydrogen) atoms. The third-order valence-electron chi connectivity index (χ3n) is 3.73. The maximum Gasteiger partial charge on any atom is 0.185 e. The first-order valence-electron chi connectivity index (χ1n) is 8.26. The van der Waals surface area contributed by atoms with E-state index >= 15 is 0 Å². The average molecular weight is 269 g/mol. The monoisotopic (exact) mass is 269 g/mol. The van der Waals surface area contributed by atoms with Crippen molar-refractivity contribution in [1.82, 2.24) is 0 Å². The zero-order valence-electron chi connectivity index (χ0n) is 13.2. The molecule has 3 heteroatoms. The lowest BCUT2D eigenvalue weighted by Crippen LogP contribution is -2.22. The lowest BCUT2D eigenvalue weighted by atomic mass is 9.91. The number of nitrogens with zero attached hydrogens (tertiary/aromatic N) is 1. The van der Waals surface area contributed by atoms with E-state index in [0.29, 0.717) is 0 Å². The average Bonchev–Trinajstić information content (AvgIpc) is 2.37. The molecule has 0 aliphatic rings. The predicted molar refractivity (Wildman–Crippen MR) is 86.3 cm³/mol. The van der Waals surface area contributed by atoms with Gasteiger partial charge in [-0.25, -0.2) is 0 Å². The van der Waals surface area contributed by atoms with Gasteiger partial charge in [0.1, 0.15) is 0 Å². The van der Waals surface area contributed by atoms with Crippen LogP contribution in [0.1, 0.15) is 84.5 Å². The van der Waals surface area contributed by atoms with Gasteiger partial charge in [-0.3, -0.25) is 4.99 Å². The van der Waals surface area contributed by atoms with Crippen molar-refractivity contribution in [3.63, 3.8) is 0 Å². The van der Waals surface area contributed by atoms with Gasteiger partial charge in [0, 0.05) is 6.54 Å². The molecule has 0 bridgehead atoms. The summed E-state index contributed by atoms with van der Waals surface area (Å²) in [5, 5.41) is 0. The van der Waals surface area contributed by atoms with Gasteiger partial charge in [0.15, 0.2) is 5.96 Å². The number of nitrogens with two attached hydrogens (primary N) is 2. The number of hydrogen-bond donors (Lipinski definition) is 2. The van der Waals surface area contributed by atoms with Gasteiger partial charge in [-0.2, -0.15) is 0 Å². The Morgan fingerprint density at radius 2 is 1.42 bits per heavy atom. The van der Waals surface area contributed by atoms with Crippen LogP contribution >= 0.6 is 0 Å². The summed E-state index contributed by atoms with van der Waals surface area (Å²) >= 11 is 0. The van der Waals surface area contributed by atoms with Crippen LogP contribution in [0.4, 0.5) is 0 Å². The number of hydrogen-bond acceptors (Lipinski definition) is 1. The topological polar surface area (TPSA) is 64.4 Å². The van der Waals surface area contributed by atoms with Crippen molar-refractivity contribution in [3.8, 4) is 0 Å². The second-order valence-corrected chi connectivity index (χ2v) is 5.66. The summed E-state index contributed by atoms with van der Waals surface area (Å²) in [5.41, 5.74) is 10.6. The quantitative estimate of drug-likeness (QED) is 0.299. The van der Waals surface area contributed by atoms with Crippen LogP contribution in [0.2, 0.25) is 0 Å². The molecule has 0 saturated heterocycles. The first-order chi connectivity index (χ1) is 9.20. The maximum atomic E-state index is 5.32. The smallest absolute Gasteiger partial charge is 0.185 e. The Bertz CT molecular complexity index is 210. The van der Waals surface area contributed by atoms with Gasteiger partial charge < -0.3 is 11.5 Å². The van der Waals surface area contributed by atoms with Gasteiger partial charge >= 0.3 is 0 Å². The van der Waals surface area contributed by atoms with E-state index in [9.17, 15) is 0 Å². The Kier molecular flexibility index (Phi) is 13.2. The van der Waals surface area contributed by atoms with Crippen molar-refractivity contribution in [2.75, 3.05) is 6.54 Å². The summed E-state index contributed by atoms with van der Waals surface area (Å²) in [5.74, 6) is 1.15. The first-order valence-corrected chi connectivity index (χ1v) is 8.26. The summed E-state index contributed by atoms with van der Waals surface area (Å²) in [6.07, 6.45) is 14.8. The van der Waals surface area contributed by atoms with E-state index in [1.165, 1.54) is 64.2 Å². The number of rotatable bonds is 13. The molecule has 0 aliphatic heterocycles. The fourth-order valence-corrected chi connectivity index (χ4v) is 2.63. The Balaban J connectivity index is 3.58. The van der Waals surface area contributed by atoms with Gasteiger partial charge in [-0.1, -0.05) is 78.1 Å². The molecule has 0 saturated carbocycles. The van der Waals surface area contributed by atoms with E-state index in [-0.39, 0.29) is 5.96 Å². The molecular weight excluding hydrogens is 234 g/mol. The zero-order valence-corrected chi connectivity index (χ0v) is 13.2. The fourth-order valence-electron chi connectivity index (χ4n) is 2.63. The van der Waals surface area contributed by atoms with Gasteiger partial charge in [0.2, 0.25) is 0 Å². The largest absolute Gasteiger partial charge is 0.370 e. The van der Waals surface area contributed by atoms with Crippen LogP contribution in [0.5, 0.6) is 0 Å². The van der Waals surface area contributed by atoms with Gasteiger partial charge in [-0.15, -0.1) is 0 Å². The minimum Gasteiger partial charge on any atom is -0.370 e. The van der Waals surface area contributed by atoms with E-state index < -0.39 is 0 Å². The van der Waals surface area contributed by atoms with Gasteiger partial charge in [0.05, 0.1) is 0 Å². The second-order valence-electron chi connectivity index (χ2n) is 5.66. The maximum absolute atomic E-state index is 5.32. The highest BCUT2D eigenvalue weighted by molar-refractivity contribution is 5.75. The number of aliphatic imine (C=N–C) groups is 1. The Labute approximate surface area is 120 Å².